The molecule has 6 nitrogen and oxygen atoms in total. The van der Waals surface area contributed by atoms with Crippen molar-refractivity contribution in [1.82, 2.24) is 0 Å². The molecule has 0 bridgehead atoms. The van der Waals surface area contributed by atoms with Crippen molar-refractivity contribution < 1.29 is 10.2 Å². The molecule has 0 fully saturated rings. The molecule has 0 aliphatic heterocycles. The number of nitrogens with zero attached hydrogens (tertiary/aromatic N) is 4. The first-order chi connectivity index (χ1) is 11.7. The number of hydrogen-bond donors (Lipinski definition) is 2. The van der Waals surface area contributed by atoms with E-state index in [0.717, 1.165) is 12.5 Å². The molecule has 0 aromatic heterocycles. The molecule has 0 heterocycles. The Bertz CT molecular complexity index is 794. The van der Waals surface area contributed by atoms with E-state index in [1.807, 2.05) is 24.3 Å². The van der Waals surface area contributed by atoms with E-state index in [4.69, 9.17) is 10.2 Å². The molecular weight excluding hydrogens is 304 g/mol. The molecule has 1 aromatic carbocycles. The van der Waals surface area contributed by atoms with E-state index in [0.29, 0.717) is 0 Å². The van der Waals surface area contributed by atoms with Crippen LogP contribution < -0.4 is 0 Å². The maximum Gasteiger partial charge on any atom is 0.101 e. The minimum atomic E-state index is -0.0525. The summed E-state index contributed by atoms with van der Waals surface area (Å²) >= 11 is 0. The summed E-state index contributed by atoms with van der Waals surface area (Å²) in [6, 6.07) is 7.51. The van der Waals surface area contributed by atoms with E-state index in [1.54, 1.807) is 0 Å². The van der Waals surface area contributed by atoms with Crippen molar-refractivity contribution in [1.29, 1.82) is 21.0 Å². The Morgan fingerprint density at radius 3 is 1.04 bits per heavy atom. The van der Waals surface area contributed by atoms with Crippen LogP contribution in [-0.4, -0.2) is 10.2 Å². The van der Waals surface area contributed by atoms with Crippen molar-refractivity contribution in [2.24, 2.45) is 0 Å². The predicted molar refractivity (Wildman–Crippen MR) is 86.9 cm³/mol. The average molecular weight is 314 g/mol. The van der Waals surface area contributed by atoms with Gasteiger partial charge >= 0.3 is 0 Å². The molecule has 2 N–H and O–H groups in total. The average Bonchev–Trinajstić information content (AvgIpc) is 2.61. The summed E-state index contributed by atoms with van der Waals surface area (Å²) in [5.74, 6) is 0. The molecule has 0 unspecified atom stereocenters. The van der Waals surface area contributed by atoms with Crippen molar-refractivity contribution in [2.75, 3.05) is 0 Å². The predicted octanol–water partition coefficient (Wildman–Crippen LogP) is 3.34. The third-order valence-electron chi connectivity index (χ3n) is 2.94. The highest BCUT2D eigenvalue weighted by atomic mass is 16.2. The largest absolute Gasteiger partial charge is 0.516 e. The van der Waals surface area contributed by atoms with E-state index in [9.17, 15) is 21.0 Å². The van der Waals surface area contributed by atoms with Gasteiger partial charge in [-0.3, -0.25) is 0 Å². The zero-order valence-corrected chi connectivity index (χ0v) is 12.3. The Balaban J connectivity index is 3.98. The lowest BCUT2D eigenvalue weighted by Gasteiger charge is -2.10. The van der Waals surface area contributed by atoms with Gasteiger partial charge in [-0.25, -0.2) is 0 Å². The first kappa shape index (κ1) is 17.8. The summed E-state index contributed by atoms with van der Waals surface area (Å²) in [6.07, 6.45) is 9.55. The summed E-state index contributed by atoms with van der Waals surface area (Å²) in [5.41, 5.74) is 0.0418. The molecule has 0 aliphatic rings. The number of benzene rings is 1. The van der Waals surface area contributed by atoms with Crippen LogP contribution in [0.25, 0.3) is 12.2 Å². The second kappa shape index (κ2) is 8.90. The number of nitriles is 4. The lowest BCUT2D eigenvalue weighted by Crippen LogP contribution is -2.02. The Hall–Kier alpha value is -4.26. The molecule has 24 heavy (non-hydrogen) atoms. The van der Waals surface area contributed by atoms with Crippen LogP contribution in [0.2, 0.25) is 0 Å². The minimum absolute atomic E-state index is 0.0525. The molecule has 0 atom stereocenters. The number of allylic oxidation sites excluding steroid dienone is 4. The monoisotopic (exact) mass is 314 g/mol. The van der Waals surface area contributed by atoms with E-state index >= 15 is 0 Å². The van der Waals surface area contributed by atoms with Gasteiger partial charge in [-0.15, -0.1) is 0 Å². The summed E-state index contributed by atoms with van der Waals surface area (Å²) in [4.78, 5) is 0. The normalized spacial score (nSPS) is 10.8. The van der Waals surface area contributed by atoms with Crippen molar-refractivity contribution in [3.8, 4) is 24.3 Å². The quantitative estimate of drug-likeness (QED) is 0.646. The molecule has 1 rings (SSSR count). The maximum atomic E-state index is 9.39. The van der Waals surface area contributed by atoms with Gasteiger partial charge in [0.2, 0.25) is 0 Å². The van der Waals surface area contributed by atoms with Gasteiger partial charge in [0.05, 0.1) is 34.8 Å². The third kappa shape index (κ3) is 3.49. The Morgan fingerprint density at radius 1 is 0.542 bits per heavy atom. The Labute approximate surface area is 138 Å². The highest BCUT2D eigenvalue weighted by molar-refractivity contribution is 5.80. The van der Waals surface area contributed by atoms with E-state index < -0.39 is 0 Å². The molecule has 0 spiro atoms. The maximum absolute atomic E-state index is 9.39. The summed E-state index contributed by atoms with van der Waals surface area (Å²) < 4.78 is 0. The molecule has 6 heteroatoms. The number of rotatable bonds is 4. The van der Waals surface area contributed by atoms with E-state index in [-0.39, 0.29) is 33.4 Å². The van der Waals surface area contributed by atoms with Crippen LogP contribution in [-0.2, 0) is 0 Å². The van der Waals surface area contributed by atoms with Gasteiger partial charge in [-0.1, -0.05) is 24.3 Å². The molecule has 0 saturated heterocycles. The summed E-state index contributed by atoms with van der Waals surface area (Å²) in [6.45, 7) is 0. The fraction of sp³-hybridized carbons (Fsp3) is 0. The molecule has 114 valence electrons. The van der Waals surface area contributed by atoms with Crippen molar-refractivity contribution >= 4 is 12.2 Å². The van der Waals surface area contributed by atoms with Crippen LogP contribution in [0, 0.1) is 45.3 Å². The van der Waals surface area contributed by atoms with Gasteiger partial charge in [0.1, 0.15) is 24.3 Å². The van der Waals surface area contributed by atoms with E-state index in [2.05, 4.69) is 0 Å². The fourth-order valence-corrected chi connectivity index (χ4v) is 1.99. The van der Waals surface area contributed by atoms with Crippen molar-refractivity contribution in [3.05, 3.63) is 70.2 Å². The van der Waals surface area contributed by atoms with Gasteiger partial charge in [-0.2, -0.15) is 21.0 Å². The van der Waals surface area contributed by atoms with Crippen LogP contribution in [0.1, 0.15) is 33.4 Å². The van der Waals surface area contributed by atoms with Crippen molar-refractivity contribution in [2.45, 2.75) is 0 Å². The fourth-order valence-electron chi connectivity index (χ4n) is 1.99. The standard InChI is InChI=1S/C18H10N4O2/c19-9-15-13(5-1-3-7-23)16(10-20)18(12-22)14(17(15)11-21)6-2-4-8-24/h1-8,23-24H/b5-1+,6-2+,7-3+,8-4+. The molecular formula is C18H10N4O2. The number of hydrogen-bond acceptors (Lipinski definition) is 6. The van der Waals surface area contributed by atoms with Gasteiger partial charge in [0, 0.05) is 11.1 Å². The molecule has 0 saturated carbocycles. The van der Waals surface area contributed by atoms with Gasteiger partial charge in [0.15, 0.2) is 0 Å². The second-order valence-electron chi connectivity index (χ2n) is 4.18. The lowest BCUT2D eigenvalue weighted by atomic mass is 9.87. The second-order valence-corrected chi connectivity index (χ2v) is 4.18. The zero-order chi connectivity index (χ0) is 17.9. The van der Waals surface area contributed by atoms with Gasteiger partial charge in [0.25, 0.3) is 0 Å². The summed E-state index contributed by atoms with van der Waals surface area (Å²) in [5, 5.41) is 54.9. The zero-order valence-electron chi connectivity index (χ0n) is 12.3. The first-order valence-electron chi connectivity index (χ1n) is 6.49. The Morgan fingerprint density at radius 2 is 0.833 bits per heavy atom. The van der Waals surface area contributed by atoms with Crippen LogP contribution >= 0.6 is 0 Å². The summed E-state index contributed by atoms with van der Waals surface area (Å²) in [7, 11) is 0. The molecule has 0 aliphatic carbocycles. The highest BCUT2D eigenvalue weighted by Gasteiger charge is 2.21. The van der Waals surface area contributed by atoms with Crippen molar-refractivity contribution in [3.63, 3.8) is 0 Å². The van der Waals surface area contributed by atoms with Crippen LogP contribution in [0.3, 0.4) is 0 Å². The minimum Gasteiger partial charge on any atom is -0.516 e. The van der Waals surface area contributed by atoms with Crippen LogP contribution in [0.15, 0.2) is 36.8 Å². The van der Waals surface area contributed by atoms with E-state index in [1.165, 1.54) is 36.5 Å². The highest BCUT2D eigenvalue weighted by Crippen LogP contribution is 2.29. The Kier molecular flexibility index (Phi) is 6.60. The number of aliphatic hydroxyl groups is 2. The van der Waals surface area contributed by atoms with Crippen LogP contribution in [0.4, 0.5) is 0 Å². The van der Waals surface area contributed by atoms with Crippen LogP contribution in [0.5, 0.6) is 0 Å². The molecule has 0 radical (unpaired) electrons. The first-order valence-corrected chi connectivity index (χ1v) is 6.49. The smallest absolute Gasteiger partial charge is 0.101 e. The topological polar surface area (TPSA) is 136 Å². The SMILES string of the molecule is N#Cc1c(C#N)c(/C=C/C=C/O)c(C#N)c(C#N)c1/C=C/C=C/O. The molecule has 0 amide bonds. The number of aliphatic hydroxyl groups excluding tert-OH is 2. The lowest BCUT2D eigenvalue weighted by molar-refractivity contribution is 0.473. The molecule has 1 aromatic rings. The third-order valence-corrected chi connectivity index (χ3v) is 2.94. The van der Waals surface area contributed by atoms with Gasteiger partial charge in [-0.05, 0) is 12.2 Å². The van der Waals surface area contributed by atoms with Gasteiger partial charge < -0.3 is 10.2 Å².